The van der Waals surface area contributed by atoms with Crippen LogP contribution in [0.3, 0.4) is 0 Å². The van der Waals surface area contributed by atoms with E-state index in [2.05, 4.69) is 10.6 Å². The summed E-state index contributed by atoms with van der Waals surface area (Å²) in [6, 6.07) is 15.6. The Labute approximate surface area is 134 Å². The smallest absolute Gasteiger partial charge is 0.243 e. The summed E-state index contributed by atoms with van der Waals surface area (Å²) in [5.74, 6) is -0.752. The normalized spacial score (nSPS) is 10.1. The van der Waals surface area contributed by atoms with Crippen LogP contribution in [0.15, 0.2) is 54.6 Å². The van der Waals surface area contributed by atoms with Crippen molar-refractivity contribution in [2.75, 3.05) is 11.9 Å². The lowest BCUT2D eigenvalue weighted by molar-refractivity contribution is -0.124. The second-order valence-corrected chi connectivity index (χ2v) is 5.14. The molecule has 0 atom stereocenters. The van der Waals surface area contributed by atoms with Gasteiger partial charge in [-0.25, -0.2) is 4.39 Å². The molecule has 2 rings (SSSR count). The number of nitrogens with one attached hydrogen (secondary N) is 2. The second kappa shape index (κ2) is 8.68. The fourth-order valence-electron chi connectivity index (χ4n) is 2.13. The molecule has 0 saturated carbocycles. The van der Waals surface area contributed by atoms with Crippen molar-refractivity contribution in [3.63, 3.8) is 0 Å². The lowest BCUT2D eigenvalue weighted by Gasteiger charge is -2.07. The molecule has 4 nitrogen and oxygen atoms in total. The number of amides is 2. The zero-order valence-corrected chi connectivity index (χ0v) is 12.7. The van der Waals surface area contributed by atoms with E-state index in [4.69, 9.17) is 0 Å². The average Bonchev–Trinajstić information content (AvgIpc) is 2.56. The first-order valence-corrected chi connectivity index (χ1v) is 7.50. The van der Waals surface area contributed by atoms with Crippen molar-refractivity contribution in [1.29, 1.82) is 0 Å². The maximum Gasteiger partial charge on any atom is 0.243 e. The molecule has 0 spiro atoms. The highest BCUT2D eigenvalue weighted by Gasteiger charge is 2.07. The number of rotatable bonds is 7. The summed E-state index contributed by atoms with van der Waals surface area (Å²) in [6.45, 7) is -0.0760. The van der Waals surface area contributed by atoms with Gasteiger partial charge in [-0.3, -0.25) is 9.59 Å². The number of aryl methyl sites for hydroxylation is 1. The van der Waals surface area contributed by atoms with Crippen LogP contribution < -0.4 is 10.6 Å². The number of carbonyl (C=O) groups excluding carboxylic acids is 2. The molecule has 120 valence electrons. The molecular weight excluding hydrogens is 295 g/mol. The minimum atomic E-state index is -0.279. The molecule has 0 aliphatic rings. The van der Waals surface area contributed by atoms with Gasteiger partial charge in [0.25, 0.3) is 0 Å². The highest BCUT2D eigenvalue weighted by molar-refractivity contribution is 5.94. The largest absolute Gasteiger partial charge is 0.347 e. The van der Waals surface area contributed by atoms with Gasteiger partial charge in [-0.1, -0.05) is 36.4 Å². The van der Waals surface area contributed by atoms with Crippen LogP contribution in [0.2, 0.25) is 0 Å². The number of benzene rings is 2. The molecule has 0 aromatic heterocycles. The van der Waals surface area contributed by atoms with Crippen LogP contribution in [0.1, 0.15) is 18.4 Å². The first kappa shape index (κ1) is 16.7. The van der Waals surface area contributed by atoms with Crippen molar-refractivity contribution in [2.45, 2.75) is 19.3 Å². The molecule has 0 bridgehead atoms. The molecule has 2 aromatic carbocycles. The summed E-state index contributed by atoms with van der Waals surface area (Å²) in [5.41, 5.74) is 1.29. The van der Waals surface area contributed by atoms with E-state index < -0.39 is 0 Å². The van der Waals surface area contributed by atoms with Gasteiger partial charge in [-0.05, 0) is 36.6 Å². The third-order valence-corrected chi connectivity index (χ3v) is 3.31. The Morgan fingerprint density at radius 1 is 0.913 bits per heavy atom. The van der Waals surface area contributed by atoms with Gasteiger partial charge in [0, 0.05) is 12.1 Å². The summed E-state index contributed by atoms with van der Waals surface area (Å²) in [6.07, 6.45) is 1.29. The standard InChI is InChI=1S/C18H19FN2O2/c19-16-11-5-4-7-14(16)8-6-12-17(22)20-13-18(23)21-15-9-2-1-3-10-15/h1-5,7,9-11H,6,8,12-13H2,(H,20,22)(H,21,23). The topological polar surface area (TPSA) is 58.2 Å². The number of para-hydroxylation sites is 1. The van der Waals surface area contributed by atoms with Gasteiger partial charge >= 0.3 is 0 Å². The van der Waals surface area contributed by atoms with Gasteiger partial charge in [-0.15, -0.1) is 0 Å². The van der Waals surface area contributed by atoms with Gasteiger partial charge in [0.1, 0.15) is 5.82 Å². The molecule has 0 radical (unpaired) electrons. The highest BCUT2D eigenvalue weighted by atomic mass is 19.1. The van der Waals surface area contributed by atoms with Crippen molar-refractivity contribution in [3.05, 3.63) is 66.0 Å². The van der Waals surface area contributed by atoms with E-state index in [1.165, 1.54) is 6.07 Å². The molecule has 0 aliphatic carbocycles. The van der Waals surface area contributed by atoms with Crippen LogP contribution in [0.25, 0.3) is 0 Å². The van der Waals surface area contributed by atoms with E-state index in [-0.39, 0.29) is 30.6 Å². The Morgan fingerprint density at radius 3 is 2.35 bits per heavy atom. The molecule has 0 heterocycles. The third-order valence-electron chi connectivity index (χ3n) is 3.31. The number of halogens is 1. The molecule has 2 amide bonds. The van der Waals surface area contributed by atoms with Crippen molar-refractivity contribution < 1.29 is 14.0 Å². The molecule has 0 fully saturated rings. The van der Waals surface area contributed by atoms with Crippen LogP contribution in [0, 0.1) is 5.82 Å². The highest BCUT2D eigenvalue weighted by Crippen LogP contribution is 2.10. The van der Waals surface area contributed by atoms with Crippen LogP contribution in [0.5, 0.6) is 0 Å². The lowest BCUT2D eigenvalue weighted by Crippen LogP contribution is -2.32. The van der Waals surface area contributed by atoms with Crippen LogP contribution in [-0.4, -0.2) is 18.4 Å². The van der Waals surface area contributed by atoms with Gasteiger partial charge < -0.3 is 10.6 Å². The van der Waals surface area contributed by atoms with E-state index >= 15 is 0 Å². The molecule has 0 aliphatic heterocycles. The Hall–Kier alpha value is -2.69. The minimum Gasteiger partial charge on any atom is -0.347 e. The van der Waals surface area contributed by atoms with E-state index in [0.717, 1.165) is 0 Å². The molecule has 0 saturated heterocycles. The zero-order valence-electron chi connectivity index (χ0n) is 12.7. The van der Waals surface area contributed by atoms with Crippen molar-refractivity contribution in [1.82, 2.24) is 5.32 Å². The molecule has 0 unspecified atom stereocenters. The maximum absolute atomic E-state index is 13.4. The summed E-state index contributed by atoms with van der Waals surface area (Å²) >= 11 is 0. The van der Waals surface area contributed by atoms with Crippen LogP contribution in [0.4, 0.5) is 10.1 Å². The van der Waals surface area contributed by atoms with Gasteiger partial charge in [0.15, 0.2) is 0 Å². The first-order chi connectivity index (χ1) is 11.1. The second-order valence-electron chi connectivity index (χ2n) is 5.14. The quantitative estimate of drug-likeness (QED) is 0.825. The van der Waals surface area contributed by atoms with E-state index in [1.807, 2.05) is 18.2 Å². The Bertz CT molecular complexity index is 659. The number of carbonyl (C=O) groups is 2. The number of hydrogen-bond acceptors (Lipinski definition) is 2. The summed E-state index contributed by atoms with van der Waals surface area (Å²) in [5, 5.41) is 5.24. The van der Waals surface area contributed by atoms with E-state index in [1.54, 1.807) is 30.3 Å². The minimum absolute atomic E-state index is 0.0760. The Kier molecular flexibility index (Phi) is 6.29. The van der Waals surface area contributed by atoms with Crippen molar-refractivity contribution in [2.24, 2.45) is 0 Å². The predicted molar refractivity (Wildman–Crippen MR) is 87.4 cm³/mol. The summed E-state index contributed by atoms with van der Waals surface area (Å²) < 4.78 is 13.4. The maximum atomic E-state index is 13.4. The van der Waals surface area contributed by atoms with Crippen molar-refractivity contribution in [3.8, 4) is 0 Å². The predicted octanol–water partition coefficient (Wildman–Crippen LogP) is 2.90. The third kappa shape index (κ3) is 5.90. The number of hydrogen-bond donors (Lipinski definition) is 2. The monoisotopic (exact) mass is 314 g/mol. The molecule has 5 heteroatoms. The Balaban J connectivity index is 1.65. The fraction of sp³-hybridized carbons (Fsp3) is 0.222. The first-order valence-electron chi connectivity index (χ1n) is 7.50. The van der Waals surface area contributed by atoms with Crippen LogP contribution in [-0.2, 0) is 16.0 Å². The van der Waals surface area contributed by atoms with Crippen LogP contribution >= 0.6 is 0 Å². The lowest BCUT2D eigenvalue weighted by atomic mass is 10.1. The van der Waals surface area contributed by atoms with E-state index in [0.29, 0.717) is 24.1 Å². The summed E-state index contributed by atoms with van der Waals surface area (Å²) in [4.78, 5) is 23.4. The number of anilines is 1. The summed E-state index contributed by atoms with van der Waals surface area (Å²) in [7, 11) is 0. The average molecular weight is 314 g/mol. The van der Waals surface area contributed by atoms with E-state index in [9.17, 15) is 14.0 Å². The molecular formula is C18H19FN2O2. The Morgan fingerprint density at radius 2 is 1.61 bits per heavy atom. The van der Waals surface area contributed by atoms with Gasteiger partial charge in [0.05, 0.1) is 6.54 Å². The molecule has 23 heavy (non-hydrogen) atoms. The van der Waals surface area contributed by atoms with Crippen molar-refractivity contribution >= 4 is 17.5 Å². The molecule has 2 aromatic rings. The van der Waals surface area contributed by atoms with Gasteiger partial charge in [-0.2, -0.15) is 0 Å². The SMILES string of the molecule is O=C(CCCc1ccccc1F)NCC(=O)Nc1ccccc1. The molecule has 2 N–H and O–H groups in total. The van der Waals surface area contributed by atoms with Gasteiger partial charge in [0.2, 0.25) is 11.8 Å². The zero-order chi connectivity index (χ0) is 16.5. The fourth-order valence-corrected chi connectivity index (χ4v) is 2.13.